The number of hydrogen-bond donors (Lipinski definition) is 0. The van der Waals surface area contributed by atoms with Gasteiger partial charge in [-0.25, -0.2) is 0 Å². The molecule has 0 aliphatic rings. The predicted molar refractivity (Wildman–Crippen MR) is 72.8 cm³/mol. The predicted octanol–water partition coefficient (Wildman–Crippen LogP) is 3.82. The quantitative estimate of drug-likeness (QED) is 0.663. The van der Waals surface area contributed by atoms with Gasteiger partial charge in [-0.1, -0.05) is 59.8 Å². The molecule has 1 aromatic heterocycles. The van der Waals surface area contributed by atoms with Gasteiger partial charge in [0.05, 0.1) is 0 Å². The first-order chi connectivity index (χ1) is 9.38. The van der Waals surface area contributed by atoms with Crippen LogP contribution >= 0.6 is 0 Å². The molecule has 0 fully saturated rings. The van der Waals surface area contributed by atoms with Crippen LogP contribution in [0.5, 0.6) is 0 Å². The molecule has 0 amide bonds. The van der Waals surface area contributed by atoms with Gasteiger partial charge in [0.2, 0.25) is 0 Å². The summed E-state index contributed by atoms with van der Waals surface area (Å²) >= 11 is 0. The first-order valence-corrected chi connectivity index (χ1v) is 5.95. The van der Waals surface area contributed by atoms with Crippen molar-refractivity contribution in [3.8, 4) is 22.6 Å². The summed E-state index contributed by atoms with van der Waals surface area (Å²) in [5, 5.41) is 4.04. The number of aromatic nitrogens is 1. The lowest BCUT2D eigenvalue weighted by atomic mass is 10.0. The fourth-order valence-electron chi connectivity index (χ4n) is 1.97. The fraction of sp³-hybridized carbons (Fsp3) is 0. The van der Waals surface area contributed by atoms with Crippen molar-refractivity contribution < 1.29 is 9.32 Å². The summed E-state index contributed by atoms with van der Waals surface area (Å²) in [5.74, 6) is 0.691. The van der Waals surface area contributed by atoms with E-state index in [9.17, 15) is 4.79 Å². The second-order valence-electron chi connectivity index (χ2n) is 4.15. The lowest BCUT2D eigenvalue weighted by Crippen LogP contribution is -1.86. The average molecular weight is 249 g/mol. The molecule has 1 heterocycles. The van der Waals surface area contributed by atoms with Crippen LogP contribution in [0.4, 0.5) is 0 Å². The van der Waals surface area contributed by atoms with Gasteiger partial charge in [-0.05, 0) is 0 Å². The van der Waals surface area contributed by atoms with Crippen LogP contribution in [0.25, 0.3) is 22.6 Å². The Bertz CT molecular complexity index is 702. The number of carbonyl (C=O) groups is 1. The molecule has 0 unspecified atom stereocenters. The molecule has 3 heteroatoms. The van der Waals surface area contributed by atoms with E-state index in [0.717, 1.165) is 17.4 Å². The van der Waals surface area contributed by atoms with Crippen molar-refractivity contribution >= 4 is 6.29 Å². The van der Waals surface area contributed by atoms with E-state index < -0.39 is 0 Å². The zero-order chi connectivity index (χ0) is 13.1. The molecule has 92 valence electrons. The van der Waals surface area contributed by atoms with Crippen LogP contribution in [0, 0.1) is 0 Å². The number of carbonyl (C=O) groups excluding carboxylic acids is 1. The van der Waals surface area contributed by atoms with Crippen LogP contribution in [0.2, 0.25) is 0 Å². The number of aldehydes is 1. The molecular weight excluding hydrogens is 238 g/mol. The highest BCUT2D eigenvalue weighted by atomic mass is 16.5. The molecule has 2 aromatic carbocycles. The molecule has 0 N–H and O–H groups in total. The Kier molecular flexibility index (Phi) is 2.94. The molecular formula is C16H11NO2. The van der Waals surface area contributed by atoms with Gasteiger partial charge in [0.25, 0.3) is 0 Å². The van der Waals surface area contributed by atoms with Crippen LogP contribution in [0.3, 0.4) is 0 Å². The van der Waals surface area contributed by atoms with E-state index in [4.69, 9.17) is 4.52 Å². The first-order valence-electron chi connectivity index (χ1n) is 5.95. The number of nitrogens with zero attached hydrogens (tertiary/aromatic N) is 1. The maximum absolute atomic E-state index is 11.0. The monoisotopic (exact) mass is 249 g/mol. The van der Waals surface area contributed by atoms with Crippen LogP contribution < -0.4 is 0 Å². The fourth-order valence-corrected chi connectivity index (χ4v) is 1.97. The maximum atomic E-state index is 11.0. The standard InChI is InChI=1S/C16H11NO2/c18-11-13-8-4-5-9-14(13)15-10-16(19-17-15)12-6-2-1-3-7-12/h1-11H. The van der Waals surface area contributed by atoms with Crippen molar-refractivity contribution in [1.82, 2.24) is 5.16 Å². The van der Waals surface area contributed by atoms with E-state index in [2.05, 4.69) is 5.16 Å². The molecule has 0 spiro atoms. The Balaban J connectivity index is 2.04. The van der Waals surface area contributed by atoms with E-state index in [1.807, 2.05) is 54.6 Å². The molecule has 0 saturated carbocycles. The van der Waals surface area contributed by atoms with Crippen molar-refractivity contribution in [3.05, 3.63) is 66.2 Å². The van der Waals surface area contributed by atoms with Crippen molar-refractivity contribution in [2.45, 2.75) is 0 Å². The first kappa shape index (κ1) is 11.4. The van der Waals surface area contributed by atoms with Crippen LogP contribution in [-0.4, -0.2) is 11.4 Å². The molecule has 3 nitrogen and oxygen atoms in total. The summed E-state index contributed by atoms with van der Waals surface area (Å²) in [6, 6.07) is 18.9. The minimum atomic E-state index is 0.607. The summed E-state index contributed by atoms with van der Waals surface area (Å²) in [7, 11) is 0. The highest BCUT2D eigenvalue weighted by Crippen LogP contribution is 2.27. The molecule has 0 aliphatic heterocycles. The Morgan fingerprint density at radius 1 is 0.947 bits per heavy atom. The summed E-state index contributed by atoms with van der Waals surface area (Å²) in [6.07, 6.45) is 0.826. The van der Waals surface area contributed by atoms with Crippen molar-refractivity contribution in [2.75, 3.05) is 0 Å². The van der Waals surface area contributed by atoms with Crippen LogP contribution in [-0.2, 0) is 0 Å². The smallest absolute Gasteiger partial charge is 0.167 e. The third-order valence-corrected chi connectivity index (χ3v) is 2.93. The van der Waals surface area contributed by atoms with Gasteiger partial charge in [-0.3, -0.25) is 4.79 Å². The second kappa shape index (κ2) is 4.90. The lowest BCUT2D eigenvalue weighted by molar-refractivity contribution is 0.112. The molecule has 0 aliphatic carbocycles. The van der Waals surface area contributed by atoms with E-state index >= 15 is 0 Å². The topological polar surface area (TPSA) is 43.1 Å². The van der Waals surface area contributed by atoms with E-state index in [-0.39, 0.29) is 0 Å². The average Bonchev–Trinajstić information content (AvgIpc) is 2.98. The zero-order valence-corrected chi connectivity index (χ0v) is 10.1. The minimum Gasteiger partial charge on any atom is -0.356 e. The van der Waals surface area contributed by atoms with E-state index in [1.54, 1.807) is 6.07 Å². The normalized spacial score (nSPS) is 10.3. The van der Waals surface area contributed by atoms with Crippen LogP contribution in [0.15, 0.2) is 65.2 Å². The summed E-state index contributed by atoms with van der Waals surface area (Å²) in [5.41, 5.74) is 3.02. The molecule has 0 radical (unpaired) electrons. The molecule has 3 aromatic rings. The molecule has 0 saturated heterocycles. The van der Waals surface area contributed by atoms with Crippen molar-refractivity contribution in [1.29, 1.82) is 0 Å². The van der Waals surface area contributed by atoms with Gasteiger partial charge in [0.1, 0.15) is 5.69 Å². The number of hydrogen-bond acceptors (Lipinski definition) is 3. The van der Waals surface area contributed by atoms with Gasteiger partial charge in [-0.2, -0.15) is 0 Å². The van der Waals surface area contributed by atoms with Crippen LogP contribution in [0.1, 0.15) is 10.4 Å². The highest BCUT2D eigenvalue weighted by molar-refractivity contribution is 5.86. The molecule has 19 heavy (non-hydrogen) atoms. The number of benzene rings is 2. The lowest BCUT2D eigenvalue weighted by Gasteiger charge is -1.98. The molecule has 0 atom stereocenters. The maximum Gasteiger partial charge on any atom is 0.167 e. The third-order valence-electron chi connectivity index (χ3n) is 2.93. The SMILES string of the molecule is O=Cc1ccccc1-c1cc(-c2ccccc2)on1. The van der Waals surface area contributed by atoms with Gasteiger partial charge in [-0.15, -0.1) is 0 Å². The Morgan fingerprint density at radius 3 is 2.47 bits per heavy atom. The zero-order valence-electron chi connectivity index (χ0n) is 10.1. The Hall–Kier alpha value is -2.68. The molecule has 0 bridgehead atoms. The van der Waals surface area contributed by atoms with Gasteiger partial charge in [0, 0.05) is 22.8 Å². The summed E-state index contributed by atoms with van der Waals surface area (Å²) in [4.78, 5) is 11.0. The highest BCUT2D eigenvalue weighted by Gasteiger charge is 2.10. The van der Waals surface area contributed by atoms with Gasteiger partial charge >= 0.3 is 0 Å². The second-order valence-corrected chi connectivity index (χ2v) is 4.15. The summed E-state index contributed by atoms with van der Waals surface area (Å²) in [6.45, 7) is 0. The van der Waals surface area contributed by atoms with E-state index in [0.29, 0.717) is 17.0 Å². The third kappa shape index (κ3) is 2.18. The number of rotatable bonds is 3. The van der Waals surface area contributed by atoms with Crippen molar-refractivity contribution in [2.24, 2.45) is 0 Å². The van der Waals surface area contributed by atoms with Crippen molar-refractivity contribution in [3.63, 3.8) is 0 Å². The molecule has 3 rings (SSSR count). The minimum absolute atomic E-state index is 0.607. The Morgan fingerprint density at radius 2 is 1.68 bits per heavy atom. The Labute approximate surface area is 110 Å². The van der Waals surface area contributed by atoms with Gasteiger partial charge < -0.3 is 4.52 Å². The van der Waals surface area contributed by atoms with Gasteiger partial charge in [0.15, 0.2) is 12.0 Å². The van der Waals surface area contributed by atoms with E-state index in [1.165, 1.54) is 0 Å². The summed E-state index contributed by atoms with van der Waals surface area (Å²) < 4.78 is 5.34. The largest absolute Gasteiger partial charge is 0.356 e.